The summed E-state index contributed by atoms with van der Waals surface area (Å²) in [5.41, 5.74) is 0.949. The fourth-order valence-corrected chi connectivity index (χ4v) is 3.65. The van der Waals surface area contributed by atoms with Crippen molar-refractivity contribution in [1.82, 2.24) is 20.1 Å². The normalized spacial score (nSPS) is 11.1. The lowest BCUT2D eigenvalue weighted by Crippen LogP contribution is -1.86. The van der Waals surface area contributed by atoms with Gasteiger partial charge in [-0.15, -0.1) is 11.3 Å². The number of hydrogen-bond donors (Lipinski definition) is 0. The zero-order valence-electron chi connectivity index (χ0n) is 11.3. The monoisotopic (exact) mass is 326 g/mol. The molecule has 3 heterocycles. The quantitative estimate of drug-likeness (QED) is 0.417. The second kappa shape index (κ2) is 5.86. The van der Waals surface area contributed by atoms with E-state index in [4.69, 9.17) is 4.52 Å². The summed E-state index contributed by atoms with van der Waals surface area (Å²) in [7, 11) is 0. The topological polar surface area (TPSA) is 64.7 Å². The molecule has 0 aliphatic carbocycles. The maximum Gasteiger partial charge on any atom is 0.237 e. The molecule has 0 aliphatic heterocycles. The van der Waals surface area contributed by atoms with E-state index in [-0.39, 0.29) is 0 Å². The van der Waals surface area contributed by atoms with Crippen LogP contribution in [0.5, 0.6) is 0 Å². The Hall–Kier alpha value is -2.25. The maximum absolute atomic E-state index is 5.31. The Bertz CT molecular complexity index is 904. The number of thioether (sulfide) groups is 1. The summed E-state index contributed by atoms with van der Waals surface area (Å²) in [6, 6.07) is 11.8. The second-order valence-corrected chi connectivity index (χ2v) is 6.34. The molecule has 4 aromatic rings. The van der Waals surface area contributed by atoms with Gasteiger partial charge in [0.05, 0.1) is 5.75 Å². The van der Waals surface area contributed by atoms with Gasteiger partial charge in [0.2, 0.25) is 11.7 Å². The van der Waals surface area contributed by atoms with E-state index >= 15 is 0 Å². The average molecular weight is 326 g/mol. The molecular formula is C15H10N4OS2. The number of thiophene rings is 1. The Morgan fingerprint density at radius 3 is 2.91 bits per heavy atom. The van der Waals surface area contributed by atoms with E-state index in [0.717, 1.165) is 20.8 Å². The third-order valence-corrected chi connectivity index (χ3v) is 4.87. The van der Waals surface area contributed by atoms with E-state index in [1.165, 1.54) is 0 Å². The molecule has 0 saturated carbocycles. The number of aromatic nitrogens is 4. The molecule has 3 aromatic heterocycles. The number of nitrogens with zero attached hydrogens (tertiary/aromatic N) is 4. The molecule has 0 atom stereocenters. The first kappa shape index (κ1) is 13.4. The first-order valence-electron chi connectivity index (χ1n) is 6.59. The molecule has 0 saturated heterocycles. The highest BCUT2D eigenvalue weighted by atomic mass is 32.2. The summed E-state index contributed by atoms with van der Waals surface area (Å²) in [6.45, 7) is 0. The van der Waals surface area contributed by atoms with Gasteiger partial charge in [0.15, 0.2) is 0 Å². The van der Waals surface area contributed by atoms with Crippen molar-refractivity contribution in [2.24, 2.45) is 0 Å². The Morgan fingerprint density at radius 1 is 1.09 bits per heavy atom. The van der Waals surface area contributed by atoms with E-state index in [9.17, 15) is 0 Å². The maximum atomic E-state index is 5.31. The van der Waals surface area contributed by atoms with Crippen LogP contribution in [0.4, 0.5) is 0 Å². The van der Waals surface area contributed by atoms with Gasteiger partial charge in [0.1, 0.15) is 16.2 Å². The first-order chi connectivity index (χ1) is 10.9. The van der Waals surface area contributed by atoms with E-state index < -0.39 is 0 Å². The van der Waals surface area contributed by atoms with Crippen LogP contribution in [0.1, 0.15) is 5.89 Å². The number of hydrogen-bond acceptors (Lipinski definition) is 7. The van der Waals surface area contributed by atoms with Crippen molar-refractivity contribution >= 4 is 33.3 Å². The van der Waals surface area contributed by atoms with Gasteiger partial charge in [0.25, 0.3) is 0 Å². The summed E-state index contributed by atoms with van der Waals surface area (Å²) in [5.74, 6) is 1.78. The lowest BCUT2D eigenvalue weighted by Gasteiger charge is -1.98. The zero-order chi connectivity index (χ0) is 14.8. The highest BCUT2D eigenvalue weighted by Crippen LogP contribution is 2.29. The van der Waals surface area contributed by atoms with E-state index in [2.05, 4.69) is 20.1 Å². The van der Waals surface area contributed by atoms with Gasteiger partial charge in [-0.3, -0.25) is 0 Å². The molecule has 1 aromatic carbocycles. The molecule has 0 unspecified atom stereocenters. The van der Waals surface area contributed by atoms with Crippen molar-refractivity contribution in [2.75, 3.05) is 0 Å². The molecule has 5 nitrogen and oxygen atoms in total. The zero-order valence-corrected chi connectivity index (χ0v) is 13.0. The summed E-state index contributed by atoms with van der Waals surface area (Å²) >= 11 is 3.18. The molecule has 0 bridgehead atoms. The van der Waals surface area contributed by atoms with E-state index in [1.54, 1.807) is 29.4 Å². The molecule has 0 spiro atoms. The predicted octanol–water partition coefficient (Wildman–Crippen LogP) is 4.03. The largest absolute Gasteiger partial charge is 0.338 e. The number of fused-ring (bicyclic) bond motifs is 1. The van der Waals surface area contributed by atoms with E-state index in [1.807, 2.05) is 41.8 Å². The minimum absolute atomic E-state index is 0.585. The van der Waals surface area contributed by atoms with Crippen molar-refractivity contribution in [2.45, 2.75) is 10.8 Å². The first-order valence-corrected chi connectivity index (χ1v) is 8.46. The Balaban J connectivity index is 1.53. The van der Waals surface area contributed by atoms with Gasteiger partial charge in [-0.1, -0.05) is 47.3 Å². The van der Waals surface area contributed by atoms with Gasteiger partial charge in [-0.05, 0) is 11.4 Å². The molecule has 0 amide bonds. The minimum atomic E-state index is 0.585. The van der Waals surface area contributed by atoms with Crippen LogP contribution in [0.2, 0.25) is 0 Å². The van der Waals surface area contributed by atoms with Crippen LogP contribution < -0.4 is 0 Å². The van der Waals surface area contributed by atoms with Gasteiger partial charge < -0.3 is 4.52 Å². The SMILES string of the molecule is c1ccc(-c2noc(CSc3ncnc4sccc34)n2)cc1. The van der Waals surface area contributed by atoms with Crippen molar-refractivity contribution in [3.8, 4) is 11.4 Å². The fourth-order valence-electron chi connectivity index (χ4n) is 2.03. The van der Waals surface area contributed by atoms with Crippen LogP contribution in [-0.2, 0) is 5.75 Å². The smallest absolute Gasteiger partial charge is 0.237 e. The molecule has 108 valence electrons. The Kier molecular flexibility index (Phi) is 3.57. The van der Waals surface area contributed by atoms with Crippen LogP contribution in [0.3, 0.4) is 0 Å². The summed E-state index contributed by atoms with van der Waals surface area (Å²) < 4.78 is 5.31. The third kappa shape index (κ3) is 2.60. The van der Waals surface area contributed by atoms with Gasteiger partial charge in [-0.2, -0.15) is 4.98 Å². The standard InChI is InChI=1S/C15H10N4OS2/c1-2-4-10(5-3-1)13-18-12(20-19-13)8-22-15-11-6-7-21-14(11)16-9-17-15/h1-7,9H,8H2. The Labute approximate surface area is 134 Å². The molecule has 22 heavy (non-hydrogen) atoms. The van der Waals surface area contributed by atoms with Crippen LogP contribution in [0.15, 0.2) is 57.7 Å². The fraction of sp³-hybridized carbons (Fsp3) is 0.0667. The van der Waals surface area contributed by atoms with Crippen LogP contribution in [-0.4, -0.2) is 20.1 Å². The second-order valence-electron chi connectivity index (χ2n) is 4.48. The molecule has 0 radical (unpaired) electrons. The third-order valence-electron chi connectivity index (χ3n) is 3.06. The van der Waals surface area contributed by atoms with Gasteiger partial charge in [0, 0.05) is 10.9 Å². The van der Waals surface area contributed by atoms with Crippen LogP contribution in [0, 0.1) is 0 Å². The number of benzene rings is 1. The van der Waals surface area contributed by atoms with Crippen LogP contribution >= 0.6 is 23.1 Å². The molecule has 0 aliphatic rings. The number of rotatable bonds is 4. The lowest BCUT2D eigenvalue weighted by atomic mass is 10.2. The van der Waals surface area contributed by atoms with Crippen LogP contribution in [0.25, 0.3) is 21.6 Å². The van der Waals surface area contributed by atoms with Gasteiger partial charge in [-0.25, -0.2) is 9.97 Å². The summed E-state index contributed by atoms with van der Waals surface area (Å²) in [4.78, 5) is 14.0. The predicted molar refractivity (Wildman–Crippen MR) is 86.7 cm³/mol. The van der Waals surface area contributed by atoms with Crippen molar-refractivity contribution in [3.63, 3.8) is 0 Å². The van der Waals surface area contributed by atoms with Crippen molar-refractivity contribution in [3.05, 3.63) is 54.0 Å². The average Bonchev–Trinajstić information content (AvgIpc) is 3.23. The Morgan fingerprint density at radius 2 is 2.00 bits per heavy atom. The minimum Gasteiger partial charge on any atom is -0.338 e. The van der Waals surface area contributed by atoms with Crippen molar-refractivity contribution in [1.29, 1.82) is 0 Å². The molecule has 7 heteroatoms. The molecular weight excluding hydrogens is 316 g/mol. The highest BCUT2D eigenvalue weighted by molar-refractivity contribution is 7.98. The molecule has 4 rings (SSSR count). The van der Waals surface area contributed by atoms with E-state index in [0.29, 0.717) is 17.5 Å². The molecule has 0 fully saturated rings. The highest BCUT2D eigenvalue weighted by Gasteiger charge is 2.11. The van der Waals surface area contributed by atoms with Gasteiger partial charge >= 0.3 is 0 Å². The van der Waals surface area contributed by atoms with Crippen molar-refractivity contribution < 1.29 is 4.52 Å². The summed E-state index contributed by atoms with van der Waals surface area (Å²) in [6.07, 6.45) is 1.59. The lowest BCUT2D eigenvalue weighted by molar-refractivity contribution is 0.391. The summed E-state index contributed by atoms with van der Waals surface area (Å²) in [5, 5.41) is 8.04. The molecule has 0 N–H and O–H groups in total.